The molecule has 0 bridgehead atoms. The summed E-state index contributed by atoms with van der Waals surface area (Å²) in [5, 5.41) is 0. The molecule has 0 aromatic carbocycles. The summed E-state index contributed by atoms with van der Waals surface area (Å²) < 4.78 is 5.57. The monoisotopic (exact) mass is 264 g/mol. The molecule has 1 amide bonds. The molecule has 2 unspecified atom stereocenters. The van der Waals surface area contributed by atoms with Gasteiger partial charge >= 0.3 is 0 Å². The predicted molar refractivity (Wildman–Crippen MR) is 75.2 cm³/mol. The van der Waals surface area contributed by atoms with Crippen LogP contribution >= 0.6 is 0 Å². The molecule has 4 heteroatoms. The Kier molecular flexibility index (Phi) is 3.99. The van der Waals surface area contributed by atoms with Crippen LogP contribution in [0.5, 0.6) is 0 Å². The lowest BCUT2D eigenvalue weighted by Gasteiger charge is -2.38. The Hall–Kier alpha value is -1.29. The van der Waals surface area contributed by atoms with E-state index in [1.807, 2.05) is 32.6 Å². The first-order chi connectivity index (χ1) is 8.93. The fraction of sp³-hybridized carbons (Fsp3) is 0.667. The maximum atomic E-state index is 12.8. The molecule has 1 aliphatic heterocycles. The smallest absolute Gasteiger partial charge is 0.257 e. The number of piperidine rings is 1. The molecule has 19 heavy (non-hydrogen) atoms. The summed E-state index contributed by atoms with van der Waals surface area (Å²) in [6, 6.07) is 0.160. The fourth-order valence-corrected chi connectivity index (χ4v) is 3.01. The van der Waals surface area contributed by atoms with Crippen molar-refractivity contribution in [2.24, 2.45) is 5.73 Å². The van der Waals surface area contributed by atoms with E-state index < -0.39 is 0 Å². The van der Waals surface area contributed by atoms with Crippen LogP contribution in [0.1, 0.15) is 53.6 Å². The lowest BCUT2D eigenvalue weighted by atomic mass is 9.95. The highest BCUT2D eigenvalue weighted by molar-refractivity contribution is 5.97. The van der Waals surface area contributed by atoms with Gasteiger partial charge in [0.05, 0.1) is 5.56 Å². The van der Waals surface area contributed by atoms with Gasteiger partial charge in [0.1, 0.15) is 11.5 Å². The van der Waals surface area contributed by atoms with Crippen molar-refractivity contribution in [3.05, 3.63) is 22.6 Å². The van der Waals surface area contributed by atoms with E-state index in [0.29, 0.717) is 5.76 Å². The van der Waals surface area contributed by atoms with Crippen molar-refractivity contribution < 1.29 is 9.21 Å². The van der Waals surface area contributed by atoms with Gasteiger partial charge in [0.15, 0.2) is 0 Å². The number of carbonyl (C=O) groups is 1. The number of nitrogens with two attached hydrogens (primary N) is 1. The molecule has 2 rings (SSSR count). The first-order valence-corrected chi connectivity index (χ1v) is 7.06. The molecule has 1 saturated heterocycles. The largest absolute Gasteiger partial charge is 0.466 e. The van der Waals surface area contributed by atoms with Crippen molar-refractivity contribution in [1.29, 1.82) is 0 Å². The number of aryl methyl sites for hydroxylation is 2. The van der Waals surface area contributed by atoms with E-state index in [9.17, 15) is 4.79 Å². The van der Waals surface area contributed by atoms with E-state index in [1.54, 1.807) is 0 Å². The molecular formula is C15H24N2O2. The summed E-state index contributed by atoms with van der Waals surface area (Å²) >= 11 is 0. The van der Waals surface area contributed by atoms with Gasteiger partial charge in [0, 0.05) is 24.2 Å². The Morgan fingerprint density at radius 2 is 2.00 bits per heavy atom. The maximum Gasteiger partial charge on any atom is 0.257 e. The number of nitrogens with zero attached hydrogens (tertiary/aromatic N) is 1. The molecule has 106 valence electrons. The van der Waals surface area contributed by atoms with Crippen LogP contribution in [0.4, 0.5) is 0 Å². The Labute approximate surface area is 114 Å². The Bertz CT molecular complexity index is 477. The third-order valence-corrected chi connectivity index (χ3v) is 4.19. The van der Waals surface area contributed by atoms with Crippen LogP contribution in [0, 0.1) is 20.8 Å². The molecule has 2 heterocycles. The molecule has 1 aromatic rings. The van der Waals surface area contributed by atoms with Crippen molar-refractivity contribution in [1.82, 2.24) is 4.90 Å². The number of likely N-dealkylation sites (tertiary alicyclic amines) is 1. The number of hydrogen-bond donors (Lipinski definition) is 1. The number of hydrogen-bond acceptors (Lipinski definition) is 3. The third kappa shape index (κ3) is 2.54. The molecule has 1 fully saturated rings. The van der Waals surface area contributed by atoms with Crippen molar-refractivity contribution in [3.63, 3.8) is 0 Å². The lowest BCUT2D eigenvalue weighted by molar-refractivity contribution is 0.0581. The molecule has 0 spiro atoms. The molecule has 4 nitrogen and oxygen atoms in total. The van der Waals surface area contributed by atoms with Gasteiger partial charge in [0.2, 0.25) is 0 Å². The summed E-state index contributed by atoms with van der Waals surface area (Å²) in [6.07, 6.45) is 3.21. The molecule has 2 atom stereocenters. The Morgan fingerprint density at radius 3 is 2.53 bits per heavy atom. The van der Waals surface area contributed by atoms with Gasteiger partial charge in [-0.15, -0.1) is 0 Å². The normalized spacial score (nSPS) is 21.5. The van der Waals surface area contributed by atoms with E-state index >= 15 is 0 Å². The van der Waals surface area contributed by atoms with E-state index in [2.05, 4.69) is 0 Å². The summed E-state index contributed by atoms with van der Waals surface area (Å²) in [7, 11) is 0. The van der Waals surface area contributed by atoms with Crippen molar-refractivity contribution in [3.8, 4) is 0 Å². The summed E-state index contributed by atoms with van der Waals surface area (Å²) in [4.78, 5) is 14.7. The quantitative estimate of drug-likeness (QED) is 0.893. The predicted octanol–water partition coefficient (Wildman–Crippen LogP) is 2.55. The van der Waals surface area contributed by atoms with Crippen LogP contribution in [0.15, 0.2) is 4.42 Å². The highest BCUT2D eigenvalue weighted by Gasteiger charge is 2.32. The van der Waals surface area contributed by atoms with Crippen LogP contribution in [0.25, 0.3) is 0 Å². The highest BCUT2D eigenvalue weighted by Crippen LogP contribution is 2.26. The first-order valence-electron chi connectivity index (χ1n) is 7.06. The van der Waals surface area contributed by atoms with Gasteiger partial charge in [0.25, 0.3) is 5.91 Å². The number of carbonyl (C=O) groups excluding carboxylic acids is 1. The van der Waals surface area contributed by atoms with E-state index in [4.69, 9.17) is 10.2 Å². The molecule has 0 saturated carbocycles. The van der Waals surface area contributed by atoms with Crippen molar-refractivity contribution in [2.45, 2.75) is 59.0 Å². The maximum absolute atomic E-state index is 12.8. The topological polar surface area (TPSA) is 59.5 Å². The molecule has 0 radical (unpaired) electrons. The summed E-state index contributed by atoms with van der Waals surface area (Å²) in [6.45, 7) is 8.49. The number of amides is 1. The standard InChI is InChI=1S/C15H24N2O2/c1-9-11(3)19-12(4)14(9)15(18)17-8-6-5-7-13(17)10(2)16/h10,13H,5-8,16H2,1-4H3. The Morgan fingerprint density at radius 1 is 1.32 bits per heavy atom. The van der Waals surface area contributed by atoms with Gasteiger partial charge in [-0.05, 0) is 47.0 Å². The van der Waals surface area contributed by atoms with Gasteiger partial charge in [-0.25, -0.2) is 0 Å². The SMILES string of the molecule is Cc1oc(C)c(C(=O)N2CCCCC2C(C)N)c1C. The number of furan rings is 1. The fourth-order valence-electron chi connectivity index (χ4n) is 3.01. The average Bonchev–Trinajstić information content (AvgIpc) is 2.62. The van der Waals surface area contributed by atoms with Crippen LogP contribution in [-0.4, -0.2) is 29.4 Å². The van der Waals surface area contributed by atoms with Crippen LogP contribution in [0.3, 0.4) is 0 Å². The minimum atomic E-state index is 0.0119. The second-order valence-electron chi connectivity index (χ2n) is 5.64. The van der Waals surface area contributed by atoms with Gasteiger partial charge in [-0.2, -0.15) is 0 Å². The zero-order valence-electron chi connectivity index (χ0n) is 12.3. The minimum absolute atomic E-state index is 0.0119. The van der Waals surface area contributed by atoms with Crippen LogP contribution in [0.2, 0.25) is 0 Å². The van der Waals surface area contributed by atoms with Gasteiger partial charge in [-0.1, -0.05) is 0 Å². The second-order valence-corrected chi connectivity index (χ2v) is 5.64. The van der Waals surface area contributed by atoms with Crippen LogP contribution < -0.4 is 5.73 Å². The molecular weight excluding hydrogens is 240 g/mol. The third-order valence-electron chi connectivity index (χ3n) is 4.19. The number of rotatable bonds is 2. The zero-order valence-corrected chi connectivity index (χ0v) is 12.3. The highest BCUT2D eigenvalue weighted by atomic mass is 16.3. The summed E-state index contributed by atoms with van der Waals surface area (Å²) in [5.74, 6) is 1.62. The van der Waals surface area contributed by atoms with E-state index in [1.165, 1.54) is 0 Å². The summed E-state index contributed by atoms with van der Waals surface area (Å²) in [5.41, 5.74) is 7.72. The zero-order chi connectivity index (χ0) is 14.2. The van der Waals surface area contributed by atoms with Crippen molar-refractivity contribution in [2.75, 3.05) is 6.54 Å². The lowest BCUT2D eigenvalue weighted by Crippen LogP contribution is -2.51. The molecule has 0 aliphatic carbocycles. The van der Waals surface area contributed by atoms with E-state index in [-0.39, 0.29) is 18.0 Å². The Balaban J connectivity index is 2.31. The van der Waals surface area contributed by atoms with Gasteiger partial charge in [-0.3, -0.25) is 4.79 Å². The first kappa shape index (κ1) is 14.1. The average molecular weight is 264 g/mol. The van der Waals surface area contributed by atoms with Gasteiger partial charge < -0.3 is 15.1 Å². The van der Waals surface area contributed by atoms with Crippen molar-refractivity contribution >= 4 is 5.91 Å². The van der Waals surface area contributed by atoms with Crippen LogP contribution in [-0.2, 0) is 0 Å². The molecule has 1 aliphatic rings. The van der Waals surface area contributed by atoms with E-state index in [0.717, 1.165) is 42.7 Å². The minimum Gasteiger partial charge on any atom is -0.466 e. The molecule has 1 aromatic heterocycles. The molecule has 2 N–H and O–H groups in total. The second kappa shape index (κ2) is 5.37.